The van der Waals surface area contributed by atoms with E-state index in [4.69, 9.17) is 0 Å². The van der Waals surface area contributed by atoms with Crippen LogP contribution in [0, 0.1) is 0 Å². The van der Waals surface area contributed by atoms with Crippen LogP contribution in [-0.4, -0.2) is 15.9 Å². The summed E-state index contributed by atoms with van der Waals surface area (Å²) in [5.41, 5.74) is 3.99. The van der Waals surface area contributed by atoms with Crippen molar-refractivity contribution in [2.45, 2.75) is 13.3 Å². The number of carbonyl (C=O) groups is 1. The van der Waals surface area contributed by atoms with Gasteiger partial charge in [-0.05, 0) is 24.1 Å². The molecule has 0 aliphatic heterocycles. The number of nitrogens with zero attached hydrogens (tertiary/aromatic N) is 1. The summed E-state index contributed by atoms with van der Waals surface area (Å²) in [6.45, 7) is 1.54. The Morgan fingerprint density at radius 2 is 1.70 bits per heavy atom. The molecule has 1 N–H and O–H groups in total. The van der Waals surface area contributed by atoms with E-state index in [1.807, 2.05) is 42.5 Å². The van der Waals surface area contributed by atoms with Crippen molar-refractivity contribution in [1.29, 1.82) is 0 Å². The van der Waals surface area contributed by atoms with Gasteiger partial charge in [-0.1, -0.05) is 54.6 Å². The quantitative estimate of drug-likeness (QED) is 0.733. The number of aromatic hydroxyl groups is 1. The Morgan fingerprint density at radius 3 is 2.35 bits per heavy atom. The second kappa shape index (κ2) is 6.44. The molecule has 0 atom stereocenters. The minimum absolute atomic E-state index is 0.0280. The maximum atomic E-state index is 11.4. The van der Waals surface area contributed by atoms with Gasteiger partial charge in [-0.3, -0.25) is 9.78 Å². The molecule has 0 aliphatic rings. The van der Waals surface area contributed by atoms with Crippen LogP contribution in [0.2, 0.25) is 0 Å². The smallest absolute Gasteiger partial charge is 0.159 e. The van der Waals surface area contributed by atoms with Crippen molar-refractivity contribution in [3.05, 3.63) is 83.7 Å². The molecule has 0 radical (unpaired) electrons. The van der Waals surface area contributed by atoms with E-state index in [0.717, 1.165) is 16.7 Å². The third-order valence-electron chi connectivity index (χ3n) is 3.82. The first-order valence-corrected chi connectivity index (χ1v) is 7.47. The lowest BCUT2D eigenvalue weighted by atomic mass is 10.00. The van der Waals surface area contributed by atoms with Crippen LogP contribution >= 0.6 is 0 Å². The zero-order valence-corrected chi connectivity index (χ0v) is 12.9. The van der Waals surface area contributed by atoms with E-state index >= 15 is 0 Å². The standard InChI is InChI=1S/C20H17NO2/c1-14(22)16-7-9-17(10-8-16)18-11-12-21-19(20(18)23)13-15-5-3-2-4-6-15/h2-12,23H,13H2,1H3. The minimum atomic E-state index is 0.0280. The van der Waals surface area contributed by atoms with Gasteiger partial charge in [-0.25, -0.2) is 0 Å². The van der Waals surface area contributed by atoms with Crippen molar-refractivity contribution in [3.63, 3.8) is 0 Å². The number of carbonyl (C=O) groups excluding carboxylic acids is 1. The molecule has 0 amide bonds. The zero-order valence-electron chi connectivity index (χ0n) is 12.9. The molecule has 0 aliphatic carbocycles. The molecule has 3 nitrogen and oxygen atoms in total. The topological polar surface area (TPSA) is 50.2 Å². The first-order valence-electron chi connectivity index (χ1n) is 7.47. The van der Waals surface area contributed by atoms with Gasteiger partial charge < -0.3 is 5.11 Å². The highest BCUT2D eigenvalue weighted by Crippen LogP contribution is 2.32. The van der Waals surface area contributed by atoms with E-state index in [9.17, 15) is 9.90 Å². The maximum Gasteiger partial charge on any atom is 0.159 e. The summed E-state index contributed by atoms with van der Waals surface area (Å²) < 4.78 is 0. The predicted molar refractivity (Wildman–Crippen MR) is 90.6 cm³/mol. The molecule has 0 spiro atoms. The number of Topliss-reactive ketones (excluding diaryl/α,β-unsaturated/α-hetero) is 1. The van der Waals surface area contributed by atoms with Gasteiger partial charge in [0.2, 0.25) is 0 Å². The summed E-state index contributed by atoms with van der Waals surface area (Å²) >= 11 is 0. The van der Waals surface area contributed by atoms with E-state index in [1.54, 1.807) is 24.4 Å². The number of hydrogen-bond acceptors (Lipinski definition) is 3. The van der Waals surface area contributed by atoms with E-state index in [1.165, 1.54) is 6.92 Å². The van der Waals surface area contributed by atoms with Crippen LogP contribution in [0.3, 0.4) is 0 Å². The lowest BCUT2D eigenvalue weighted by molar-refractivity contribution is 0.101. The molecule has 23 heavy (non-hydrogen) atoms. The van der Waals surface area contributed by atoms with Crippen molar-refractivity contribution in [3.8, 4) is 16.9 Å². The van der Waals surface area contributed by atoms with Gasteiger partial charge in [-0.2, -0.15) is 0 Å². The van der Waals surface area contributed by atoms with Gasteiger partial charge in [0.1, 0.15) is 5.75 Å². The molecule has 1 heterocycles. The fraction of sp³-hybridized carbons (Fsp3) is 0.100. The molecule has 3 heteroatoms. The first-order chi connectivity index (χ1) is 11.1. The molecular formula is C20H17NO2. The van der Waals surface area contributed by atoms with E-state index in [2.05, 4.69) is 4.98 Å². The third kappa shape index (κ3) is 3.29. The third-order valence-corrected chi connectivity index (χ3v) is 3.82. The molecule has 0 fully saturated rings. The number of rotatable bonds is 4. The Kier molecular flexibility index (Phi) is 4.20. The van der Waals surface area contributed by atoms with Crippen LogP contribution in [0.4, 0.5) is 0 Å². The Hall–Kier alpha value is -2.94. The highest BCUT2D eigenvalue weighted by atomic mass is 16.3. The molecular weight excluding hydrogens is 286 g/mol. The summed E-state index contributed by atoms with van der Waals surface area (Å²) in [4.78, 5) is 15.7. The minimum Gasteiger partial charge on any atom is -0.505 e. The number of benzene rings is 2. The second-order valence-electron chi connectivity index (χ2n) is 5.45. The molecule has 0 unspecified atom stereocenters. The second-order valence-corrected chi connectivity index (χ2v) is 5.45. The fourth-order valence-electron chi connectivity index (χ4n) is 2.53. The number of aromatic nitrogens is 1. The number of hydrogen-bond donors (Lipinski definition) is 1. The molecule has 0 bridgehead atoms. The predicted octanol–water partition coefficient (Wildman–Crippen LogP) is 4.25. The van der Waals surface area contributed by atoms with Crippen LogP contribution in [0.15, 0.2) is 66.9 Å². The molecule has 0 saturated carbocycles. The Labute approximate surface area is 135 Å². The average Bonchev–Trinajstić information content (AvgIpc) is 2.58. The van der Waals surface area contributed by atoms with Crippen LogP contribution in [0.5, 0.6) is 5.75 Å². The van der Waals surface area contributed by atoms with Crippen LogP contribution in [0.25, 0.3) is 11.1 Å². The zero-order chi connectivity index (χ0) is 16.2. The van der Waals surface area contributed by atoms with Gasteiger partial charge in [0.05, 0.1) is 5.69 Å². The maximum absolute atomic E-state index is 11.4. The lowest BCUT2D eigenvalue weighted by Crippen LogP contribution is -1.95. The Balaban J connectivity index is 1.94. The Morgan fingerprint density at radius 1 is 1.00 bits per heavy atom. The molecule has 114 valence electrons. The fourth-order valence-corrected chi connectivity index (χ4v) is 2.53. The van der Waals surface area contributed by atoms with Gasteiger partial charge >= 0.3 is 0 Å². The lowest BCUT2D eigenvalue weighted by Gasteiger charge is -2.10. The van der Waals surface area contributed by atoms with Crippen molar-refractivity contribution in [1.82, 2.24) is 4.98 Å². The van der Waals surface area contributed by atoms with E-state index < -0.39 is 0 Å². The number of pyridine rings is 1. The van der Waals surface area contributed by atoms with Crippen molar-refractivity contribution < 1.29 is 9.90 Å². The summed E-state index contributed by atoms with van der Waals surface area (Å²) in [5.74, 6) is 0.215. The highest BCUT2D eigenvalue weighted by Gasteiger charge is 2.11. The number of ketones is 1. The summed E-state index contributed by atoms with van der Waals surface area (Å²) in [7, 11) is 0. The van der Waals surface area contributed by atoms with Crippen molar-refractivity contribution in [2.24, 2.45) is 0 Å². The first kappa shape index (κ1) is 15.0. The van der Waals surface area contributed by atoms with Crippen LogP contribution in [-0.2, 0) is 6.42 Å². The molecule has 3 aromatic rings. The summed E-state index contributed by atoms with van der Waals surface area (Å²) in [5, 5.41) is 10.6. The largest absolute Gasteiger partial charge is 0.505 e. The molecule has 2 aromatic carbocycles. The Bertz CT molecular complexity index is 824. The normalized spacial score (nSPS) is 10.5. The van der Waals surface area contributed by atoms with Crippen molar-refractivity contribution in [2.75, 3.05) is 0 Å². The summed E-state index contributed by atoms with van der Waals surface area (Å²) in [6, 6.07) is 18.9. The average molecular weight is 303 g/mol. The highest BCUT2D eigenvalue weighted by molar-refractivity contribution is 5.94. The van der Waals surface area contributed by atoms with Crippen LogP contribution < -0.4 is 0 Å². The molecule has 1 aromatic heterocycles. The van der Waals surface area contributed by atoms with Gasteiger partial charge in [0, 0.05) is 23.7 Å². The summed E-state index contributed by atoms with van der Waals surface area (Å²) in [6.07, 6.45) is 2.28. The van der Waals surface area contributed by atoms with Crippen molar-refractivity contribution >= 4 is 5.78 Å². The van der Waals surface area contributed by atoms with Gasteiger partial charge in [0.25, 0.3) is 0 Å². The van der Waals surface area contributed by atoms with Crippen LogP contribution in [0.1, 0.15) is 28.5 Å². The molecule has 3 rings (SSSR count). The van der Waals surface area contributed by atoms with E-state index in [0.29, 0.717) is 17.7 Å². The van der Waals surface area contributed by atoms with Gasteiger partial charge in [0.15, 0.2) is 5.78 Å². The molecule has 0 saturated heterocycles. The van der Waals surface area contributed by atoms with E-state index in [-0.39, 0.29) is 11.5 Å². The van der Waals surface area contributed by atoms with Gasteiger partial charge in [-0.15, -0.1) is 0 Å². The SMILES string of the molecule is CC(=O)c1ccc(-c2ccnc(Cc3ccccc3)c2O)cc1. The monoisotopic (exact) mass is 303 g/mol.